The molecule has 0 spiro atoms. The zero-order valence-electron chi connectivity index (χ0n) is 10.3. The molecule has 0 aliphatic carbocycles. The minimum absolute atomic E-state index is 0.145. The maximum Gasteiger partial charge on any atom is 0.304 e. The van der Waals surface area contributed by atoms with E-state index in [4.69, 9.17) is 9.84 Å². The van der Waals surface area contributed by atoms with Gasteiger partial charge in [-0.2, -0.15) is 0 Å². The predicted octanol–water partition coefficient (Wildman–Crippen LogP) is 2.76. The Morgan fingerprint density at radius 3 is 2.94 bits per heavy atom. The molecule has 1 aliphatic rings. The summed E-state index contributed by atoms with van der Waals surface area (Å²) in [5.74, 6) is 0.190. The summed E-state index contributed by atoms with van der Waals surface area (Å²) >= 11 is 0. The zero-order valence-corrected chi connectivity index (χ0v) is 10.3. The van der Waals surface area contributed by atoms with Crippen LogP contribution in [-0.2, 0) is 16.6 Å². The summed E-state index contributed by atoms with van der Waals surface area (Å²) in [6, 6.07) is 6.04. The highest BCUT2D eigenvalue weighted by Gasteiger charge is 2.25. The molecule has 3 nitrogen and oxygen atoms in total. The van der Waals surface area contributed by atoms with Crippen LogP contribution in [0, 0.1) is 0 Å². The van der Waals surface area contributed by atoms with Crippen LogP contribution in [0.3, 0.4) is 0 Å². The fraction of sp³-hybridized carbons (Fsp3) is 0.500. The number of aryl methyl sites for hydroxylation is 1. The number of ether oxygens (including phenoxy) is 1. The van der Waals surface area contributed by atoms with E-state index in [2.05, 4.69) is 6.07 Å². The van der Waals surface area contributed by atoms with Crippen LogP contribution in [0.15, 0.2) is 18.2 Å². The van der Waals surface area contributed by atoms with Gasteiger partial charge in [-0.15, -0.1) is 0 Å². The van der Waals surface area contributed by atoms with Crippen LogP contribution in [0.1, 0.15) is 37.8 Å². The van der Waals surface area contributed by atoms with Crippen molar-refractivity contribution in [2.24, 2.45) is 0 Å². The van der Waals surface area contributed by atoms with Gasteiger partial charge in [-0.05, 0) is 30.0 Å². The standard InChI is InChI=1S/C14H18O3/c1-14(2,9-13(15)16)11-5-6-12-10(8-11)4-3-7-17-12/h5-6,8H,3-4,7,9H2,1-2H3,(H,15,16). The van der Waals surface area contributed by atoms with E-state index in [1.165, 1.54) is 5.56 Å². The third kappa shape index (κ3) is 2.60. The van der Waals surface area contributed by atoms with Crippen LogP contribution in [0.4, 0.5) is 0 Å². The van der Waals surface area contributed by atoms with Crippen LogP contribution in [-0.4, -0.2) is 17.7 Å². The Morgan fingerprint density at radius 1 is 1.47 bits per heavy atom. The van der Waals surface area contributed by atoms with Crippen LogP contribution >= 0.6 is 0 Å². The van der Waals surface area contributed by atoms with E-state index in [-0.39, 0.29) is 11.8 Å². The average Bonchev–Trinajstić information content (AvgIpc) is 2.26. The number of hydrogen-bond donors (Lipinski definition) is 1. The maximum absolute atomic E-state index is 10.9. The summed E-state index contributed by atoms with van der Waals surface area (Å²) in [6.07, 6.45) is 2.20. The second kappa shape index (κ2) is 4.40. The number of rotatable bonds is 3. The lowest BCUT2D eigenvalue weighted by molar-refractivity contribution is -0.138. The normalized spacial score (nSPS) is 14.9. The van der Waals surface area contributed by atoms with Gasteiger partial charge in [0.25, 0.3) is 0 Å². The molecule has 0 unspecified atom stereocenters. The molecule has 1 heterocycles. The number of carboxylic acid groups (broad SMARTS) is 1. The van der Waals surface area contributed by atoms with Crippen molar-refractivity contribution < 1.29 is 14.6 Å². The molecule has 0 radical (unpaired) electrons. The molecule has 0 bridgehead atoms. The molecule has 0 saturated heterocycles. The predicted molar refractivity (Wildman–Crippen MR) is 65.5 cm³/mol. The second-order valence-electron chi connectivity index (χ2n) is 5.23. The van der Waals surface area contributed by atoms with Gasteiger partial charge in [-0.3, -0.25) is 4.79 Å². The van der Waals surface area contributed by atoms with Gasteiger partial charge in [0.15, 0.2) is 0 Å². The number of aliphatic carboxylic acids is 1. The molecular formula is C14H18O3. The van der Waals surface area contributed by atoms with Crippen LogP contribution in [0.5, 0.6) is 5.75 Å². The molecule has 0 fully saturated rings. The van der Waals surface area contributed by atoms with Gasteiger partial charge in [0.05, 0.1) is 13.0 Å². The molecule has 2 rings (SSSR count). The van der Waals surface area contributed by atoms with Crippen molar-refractivity contribution >= 4 is 5.97 Å². The Balaban J connectivity index is 2.30. The van der Waals surface area contributed by atoms with E-state index in [0.29, 0.717) is 0 Å². The average molecular weight is 234 g/mol. The van der Waals surface area contributed by atoms with Gasteiger partial charge < -0.3 is 9.84 Å². The van der Waals surface area contributed by atoms with E-state index in [9.17, 15) is 4.79 Å². The molecule has 3 heteroatoms. The number of benzene rings is 1. The third-order valence-corrected chi connectivity index (χ3v) is 3.28. The Bertz CT molecular complexity index is 435. The molecule has 92 valence electrons. The number of carboxylic acids is 1. The van der Waals surface area contributed by atoms with Crippen molar-refractivity contribution in [1.29, 1.82) is 0 Å². The van der Waals surface area contributed by atoms with Crippen molar-refractivity contribution in [3.8, 4) is 5.75 Å². The lowest BCUT2D eigenvalue weighted by Crippen LogP contribution is -2.22. The minimum Gasteiger partial charge on any atom is -0.493 e. The second-order valence-corrected chi connectivity index (χ2v) is 5.23. The van der Waals surface area contributed by atoms with E-state index >= 15 is 0 Å². The third-order valence-electron chi connectivity index (χ3n) is 3.28. The van der Waals surface area contributed by atoms with Crippen molar-refractivity contribution in [2.75, 3.05) is 6.61 Å². The summed E-state index contributed by atoms with van der Waals surface area (Å²) < 4.78 is 5.56. The zero-order chi connectivity index (χ0) is 12.5. The molecule has 0 saturated carbocycles. The number of fused-ring (bicyclic) bond motifs is 1. The van der Waals surface area contributed by atoms with Gasteiger partial charge in [0.2, 0.25) is 0 Å². The molecule has 0 amide bonds. The first-order chi connectivity index (χ1) is 7.99. The molecule has 1 aromatic carbocycles. The summed E-state index contributed by atoms with van der Waals surface area (Å²) in [5, 5.41) is 8.92. The molecule has 0 aromatic heterocycles. The minimum atomic E-state index is -0.760. The van der Waals surface area contributed by atoms with Crippen LogP contribution in [0.25, 0.3) is 0 Å². The van der Waals surface area contributed by atoms with Crippen molar-refractivity contribution in [2.45, 2.75) is 38.5 Å². The summed E-state index contributed by atoms with van der Waals surface area (Å²) in [5.41, 5.74) is 1.94. The highest BCUT2D eigenvalue weighted by atomic mass is 16.5. The monoisotopic (exact) mass is 234 g/mol. The molecule has 1 aliphatic heterocycles. The van der Waals surface area contributed by atoms with E-state index in [1.54, 1.807) is 0 Å². The van der Waals surface area contributed by atoms with Gasteiger partial charge in [0, 0.05) is 5.41 Å². The Morgan fingerprint density at radius 2 is 2.24 bits per heavy atom. The molecule has 1 aromatic rings. The highest BCUT2D eigenvalue weighted by molar-refractivity contribution is 5.69. The lowest BCUT2D eigenvalue weighted by atomic mass is 9.80. The van der Waals surface area contributed by atoms with E-state index < -0.39 is 5.97 Å². The Hall–Kier alpha value is -1.51. The van der Waals surface area contributed by atoms with Gasteiger partial charge in [-0.25, -0.2) is 0 Å². The SMILES string of the molecule is CC(C)(CC(=O)O)c1ccc2c(c1)CCCO2. The quantitative estimate of drug-likeness (QED) is 0.874. The van der Waals surface area contributed by atoms with Crippen molar-refractivity contribution in [3.05, 3.63) is 29.3 Å². The van der Waals surface area contributed by atoms with Crippen LogP contribution < -0.4 is 4.74 Å². The smallest absolute Gasteiger partial charge is 0.304 e. The highest BCUT2D eigenvalue weighted by Crippen LogP contribution is 2.32. The number of hydrogen-bond acceptors (Lipinski definition) is 2. The largest absolute Gasteiger partial charge is 0.493 e. The first-order valence-electron chi connectivity index (χ1n) is 5.97. The molecular weight excluding hydrogens is 216 g/mol. The van der Waals surface area contributed by atoms with Crippen molar-refractivity contribution in [3.63, 3.8) is 0 Å². The fourth-order valence-electron chi connectivity index (χ4n) is 2.26. The Labute approximate surface area is 101 Å². The van der Waals surface area contributed by atoms with Crippen molar-refractivity contribution in [1.82, 2.24) is 0 Å². The summed E-state index contributed by atoms with van der Waals surface area (Å²) in [6.45, 7) is 4.71. The van der Waals surface area contributed by atoms with Crippen LogP contribution in [0.2, 0.25) is 0 Å². The Kier molecular flexibility index (Phi) is 3.09. The topological polar surface area (TPSA) is 46.5 Å². The first-order valence-corrected chi connectivity index (χ1v) is 5.97. The first kappa shape index (κ1) is 12.0. The van der Waals surface area contributed by atoms with Gasteiger partial charge in [0.1, 0.15) is 5.75 Å². The molecule has 1 N–H and O–H groups in total. The molecule has 0 atom stereocenters. The fourth-order valence-corrected chi connectivity index (χ4v) is 2.26. The van der Waals surface area contributed by atoms with E-state index in [0.717, 1.165) is 30.8 Å². The summed E-state index contributed by atoms with van der Waals surface area (Å²) in [7, 11) is 0. The van der Waals surface area contributed by atoms with E-state index in [1.807, 2.05) is 26.0 Å². The van der Waals surface area contributed by atoms with Gasteiger partial charge in [-0.1, -0.05) is 26.0 Å². The maximum atomic E-state index is 10.9. The number of carbonyl (C=O) groups is 1. The molecule has 17 heavy (non-hydrogen) atoms. The lowest BCUT2D eigenvalue weighted by Gasteiger charge is -2.26. The summed E-state index contributed by atoms with van der Waals surface area (Å²) in [4.78, 5) is 10.9. The van der Waals surface area contributed by atoms with Gasteiger partial charge >= 0.3 is 5.97 Å².